The highest BCUT2D eigenvalue weighted by molar-refractivity contribution is 7.16. The fraction of sp³-hybridized carbons (Fsp3) is 0.211. The zero-order valence-corrected chi connectivity index (χ0v) is 15.9. The third-order valence-electron chi connectivity index (χ3n) is 3.85. The molecule has 0 fully saturated rings. The molecule has 0 unspecified atom stereocenters. The second kappa shape index (κ2) is 7.85. The molecule has 0 spiro atoms. The summed E-state index contributed by atoms with van der Waals surface area (Å²) in [7, 11) is 1.32. The number of halogens is 1. The molecule has 0 saturated heterocycles. The Kier molecular flexibility index (Phi) is 5.54. The summed E-state index contributed by atoms with van der Waals surface area (Å²) in [5.41, 5.74) is 1.69. The number of nitrogens with zero attached hydrogens (tertiary/aromatic N) is 2. The SMILES string of the molecule is CCCn1c(=NC(=O)c2ccc(C(=O)OC)cc2)sc2cccc(Cl)c21. The van der Waals surface area contributed by atoms with Crippen LogP contribution in [-0.2, 0) is 11.3 Å². The lowest BCUT2D eigenvalue weighted by Crippen LogP contribution is -2.17. The van der Waals surface area contributed by atoms with Gasteiger partial charge in [0.25, 0.3) is 5.91 Å². The van der Waals surface area contributed by atoms with E-state index in [0.29, 0.717) is 21.0 Å². The molecular formula is C19H17ClN2O3S. The molecule has 5 nitrogen and oxygen atoms in total. The Morgan fingerprint density at radius 3 is 2.50 bits per heavy atom. The average Bonchev–Trinajstić information content (AvgIpc) is 3.00. The van der Waals surface area contributed by atoms with Crippen LogP contribution >= 0.6 is 22.9 Å². The minimum atomic E-state index is -0.444. The highest BCUT2D eigenvalue weighted by Crippen LogP contribution is 2.25. The molecule has 0 N–H and O–H groups in total. The van der Waals surface area contributed by atoms with Crippen LogP contribution in [-0.4, -0.2) is 23.6 Å². The van der Waals surface area contributed by atoms with Crippen LogP contribution in [0.2, 0.25) is 5.02 Å². The molecule has 7 heteroatoms. The van der Waals surface area contributed by atoms with E-state index in [1.54, 1.807) is 24.3 Å². The molecule has 26 heavy (non-hydrogen) atoms. The molecule has 134 valence electrons. The lowest BCUT2D eigenvalue weighted by molar-refractivity contribution is 0.0600. The van der Waals surface area contributed by atoms with Crippen molar-refractivity contribution in [3.05, 3.63) is 63.4 Å². The van der Waals surface area contributed by atoms with Gasteiger partial charge in [-0.15, -0.1) is 0 Å². The van der Waals surface area contributed by atoms with Crippen molar-refractivity contribution < 1.29 is 14.3 Å². The Labute approximate surface area is 159 Å². The first-order valence-corrected chi connectivity index (χ1v) is 9.30. The number of carbonyl (C=O) groups is 2. The molecule has 2 aromatic carbocycles. The second-order valence-electron chi connectivity index (χ2n) is 5.61. The standard InChI is InChI=1S/C19H17ClN2O3S/c1-3-11-22-16-14(20)5-4-6-15(16)26-19(22)21-17(23)12-7-9-13(10-8-12)18(24)25-2/h4-10H,3,11H2,1-2H3. The van der Waals surface area contributed by atoms with Crippen LogP contribution in [0.3, 0.4) is 0 Å². The summed E-state index contributed by atoms with van der Waals surface area (Å²) in [4.78, 5) is 28.9. The number of esters is 1. The first-order valence-electron chi connectivity index (χ1n) is 8.10. The van der Waals surface area contributed by atoms with Crippen molar-refractivity contribution in [2.75, 3.05) is 7.11 Å². The first-order chi connectivity index (χ1) is 12.5. The first kappa shape index (κ1) is 18.4. The number of para-hydroxylation sites is 1. The highest BCUT2D eigenvalue weighted by atomic mass is 35.5. The van der Waals surface area contributed by atoms with Gasteiger partial charge >= 0.3 is 5.97 Å². The number of fused-ring (bicyclic) bond motifs is 1. The van der Waals surface area contributed by atoms with Gasteiger partial charge in [-0.2, -0.15) is 4.99 Å². The number of hydrogen-bond acceptors (Lipinski definition) is 4. The quantitative estimate of drug-likeness (QED) is 0.626. The van der Waals surface area contributed by atoms with Gasteiger partial charge in [0.15, 0.2) is 4.80 Å². The van der Waals surface area contributed by atoms with E-state index in [2.05, 4.69) is 16.7 Å². The summed E-state index contributed by atoms with van der Waals surface area (Å²) in [5.74, 6) is -0.810. The molecule has 1 heterocycles. The Balaban J connectivity index is 2.04. The number of hydrogen-bond donors (Lipinski definition) is 0. The monoisotopic (exact) mass is 388 g/mol. The van der Waals surface area contributed by atoms with Crippen molar-refractivity contribution in [3.63, 3.8) is 0 Å². The van der Waals surface area contributed by atoms with E-state index in [9.17, 15) is 9.59 Å². The van der Waals surface area contributed by atoms with Crippen LogP contribution in [0.25, 0.3) is 10.2 Å². The van der Waals surface area contributed by atoms with E-state index in [0.717, 1.165) is 23.2 Å². The Morgan fingerprint density at radius 2 is 1.85 bits per heavy atom. The number of carbonyl (C=O) groups excluding carboxylic acids is 2. The minimum Gasteiger partial charge on any atom is -0.465 e. The smallest absolute Gasteiger partial charge is 0.337 e. The van der Waals surface area contributed by atoms with E-state index in [1.807, 2.05) is 22.8 Å². The largest absolute Gasteiger partial charge is 0.465 e. The Bertz CT molecular complexity index is 1040. The van der Waals surface area contributed by atoms with Gasteiger partial charge in [-0.3, -0.25) is 4.79 Å². The van der Waals surface area contributed by atoms with Gasteiger partial charge in [-0.05, 0) is 42.8 Å². The van der Waals surface area contributed by atoms with Crippen LogP contribution in [0.1, 0.15) is 34.1 Å². The Morgan fingerprint density at radius 1 is 1.15 bits per heavy atom. The number of ether oxygens (including phenoxy) is 1. The fourth-order valence-corrected chi connectivity index (χ4v) is 4.04. The van der Waals surface area contributed by atoms with E-state index < -0.39 is 5.97 Å². The van der Waals surface area contributed by atoms with E-state index in [-0.39, 0.29) is 5.91 Å². The number of aromatic nitrogens is 1. The zero-order chi connectivity index (χ0) is 18.7. The van der Waals surface area contributed by atoms with Gasteiger partial charge in [0, 0.05) is 12.1 Å². The van der Waals surface area contributed by atoms with Crippen molar-refractivity contribution in [1.29, 1.82) is 0 Å². The topological polar surface area (TPSA) is 60.7 Å². The zero-order valence-electron chi connectivity index (χ0n) is 14.4. The molecule has 1 amide bonds. The third kappa shape index (κ3) is 3.57. The molecule has 0 bridgehead atoms. The maximum absolute atomic E-state index is 12.6. The van der Waals surface area contributed by atoms with E-state index >= 15 is 0 Å². The second-order valence-corrected chi connectivity index (χ2v) is 7.03. The predicted molar refractivity (Wildman–Crippen MR) is 103 cm³/mol. The molecule has 1 aromatic heterocycles. The normalized spacial score (nSPS) is 11.7. The van der Waals surface area contributed by atoms with Gasteiger partial charge in [-0.25, -0.2) is 4.79 Å². The van der Waals surface area contributed by atoms with E-state index in [1.165, 1.54) is 18.4 Å². The molecule has 0 radical (unpaired) electrons. The van der Waals surface area contributed by atoms with Crippen LogP contribution in [0.5, 0.6) is 0 Å². The van der Waals surface area contributed by atoms with Crippen LogP contribution in [0.4, 0.5) is 0 Å². The molecule has 0 aliphatic heterocycles. The van der Waals surface area contributed by atoms with Crippen molar-refractivity contribution in [2.45, 2.75) is 19.9 Å². The van der Waals surface area contributed by atoms with Crippen molar-refractivity contribution in [2.24, 2.45) is 4.99 Å². The number of benzene rings is 2. The summed E-state index contributed by atoms with van der Waals surface area (Å²) in [6.07, 6.45) is 0.895. The summed E-state index contributed by atoms with van der Waals surface area (Å²) in [5, 5.41) is 0.642. The summed E-state index contributed by atoms with van der Waals surface area (Å²) in [6.45, 7) is 2.78. The number of aryl methyl sites for hydroxylation is 1. The third-order valence-corrected chi connectivity index (χ3v) is 5.20. The molecular weight excluding hydrogens is 372 g/mol. The minimum absolute atomic E-state index is 0.367. The lowest BCUT2D eigenvalue weighted by Gasteiger charge is -2.04. The van der Waals surface area contributed by atoms with Gasteiger partial charge in [0.05, 0.1) is 27.9 Å². The maximum Gasteiger partial charge on any atom is 0.337 e. The lowest BCUT2D eigenvalue weighted by atomic mass is 10.1. The molecule has 0 aliphatic rings. The van der Waals surface area contributed by atoms with Gasteiger partial charge < -0.3 is 9.30 Å². The Hall–Kier alpha value is -2.44. The van der Waals surface area contributed by atoms with Gasteiger partial charge in [0.2, 0.25) is 0 Å². The summed E-state index contributed by atoms with van der Waals surface area (Å²) < 4.78 is 7.62. The molecule has 0 saturated carbocycles. The van der Waals surface area contributed by atoms with Crippen molar-refractivity contribution >= 4 is 45.0 Å². The molecule has 3 rings (SSSR count). The molecule has 0 atom stereocenters. The van der Waals surface area contributed by atoms with Gasteiger partial charge in [0.1, 0.15) is 0 Å². The summed E-state index contributed by atoms with van der Waals surface area (Å²) in [6, 6.07) is 11.9. The number of thiazole rings is 1. The number of methoxy groups -OCH3 is 1. The van der Waals surface area contributed by atoms with Gasteiger partial charge in [-0.1, -0.05) is 35.9 Å². The van der Waals surface area contributed by atoms with Crippen LogP contribution in [0.15, 0.2) is 47.5 Å². The fourth-order valence-electron chi connectivity index (χ4n) is 2.62. The number of amides is 1. The maximum atomic E-state index is 12.6. The molecule has 3 aromatic rings. The predicted octanol–water partition coefficient (Wildman–Crippen LogP) is 4.29. The van der Waals surface area contributed by atoms with Crippen molar-refractivity contribution in [1.82, 2.24) is 4.57 Å². The van der Waals surface area contributed by atoms with E-state index in [4.69, 9.17) is 11.6 Å². The molecule has 0 aliphatic carbocycles. The number of rotatable bonds is 4. The van der Waals surface area contributed by atoms with Crippen LogP contribution < -0.4 is 4.80 Å². The average molecular weight is 389 g/mol. The highest BCUT2D eigenvalue weighted by Gasteiger charge is 2.12. The van der Waals surface area contributed by atoms with Crippen molar-refractivity contribution in [3.8, 4) is 0 Å². The van der Waals surface area contributed by atoms with Crippen LogP contribution in [0, 0.1) is 0 Å². The summed E-state index contributed by atoms with van der Waals surface area (Å²) >= 11 is 7.77.